The van der Waals surface area contributed by atoms with Crippen LogP contribution in [-0.2, 0) is 17.9 Å². The Bertz CT molecular complexity index is 1450. The zero-order valence-electron chi connectivity index (χ0n) is 20.1. The number of rotatable bonds is 8. The maximum absolute atomic E-state index is 13.5. The van der Waals surface area contributed by atoms with Gasteiger partial charge in [0.05, 0.1) is 18.6 Å². The van der Waals surface area contributed by atoms with Gasteiger partial charge in [0.1, 0.15) is 5.75 Å². The van der Waals surface area contributed by atoms with Crippen LogP contribution in [0.25, 0.3) is 0 Å². The van der Waals surface area contributed by atoms with Crippen molar-refractivity contribution in [1.82, 2.24) is 14.1 Å². The first-order chi connectivity index (χ1) is 17.2. The van der Waals surface area contributed by atoms with Crippen molar-refractivity contribution in [2.24, 2.45) is 10.9 Å². The summed E-state index contributed by atoms with van der Waals surface area (Å²) in [5.74, 6) is -0.322. The molecule has 9 nitrogen and oxygen atoms in total. The highest BCUT2D eigenvalue weighted by Crippen LogP contribution is 2.24. The first kappa shape index (κ1) is 25.1. The highest BCUT2D eigenvalue weighted by Gasteiger charge is 2.22. The molecule has 1 N–H and O–H groups in total. The van der Waals surface area contributed by atoms with Gasteiger partial charge in [-0.2, -0.15) is 4.98 Å². The number of ether oxygens (including phenoxy) is 1. The standard InChI is InChI=1S/C26H26ClN5O4/c1-16(2)36-22-11-10-21(13-17(22)3)29-24-30-25(34)32(15-19-5-4-12-28-23(19)33)26(35)31(24)14-18-6-8-20(27)9-7-18/h4-13,16,19H,14-15H2,1-3H3,(H,29,30,34). The second-order valence-electron chi connectivity index (χ2n) is 8.70. The van der Waals surface area contributed by atoms with Crippen LogP contribution in [0.5, 0.6) is 5.75 Å². The largest absolute Gasteiger partial charge is 0.491 e. The molecule has 3 aromatic rings. The summed E-state index contributed by atoms with van der Waals surface area (Å²) in [4.78, 5) is 46.5. The molecule has 0 saturated carbocycles. The third kappa shape index (κ3) is 5.80. The summed E-state index contributed by atoms with van der Waals surface area (Å²) in [6.45, 7) is 5.78. The van der Waals surface area contributed by atoms with Gasteiger partial charge in [0.25, 0.3) is 5.91 Å². The molecule has 0 fully saturated rings. The maximum atomic E-state index is 13.5. The van der Waals surface area contributed by atoms with Crippen molar-refractivity contribution in [3.05, 3.63) is 91.7 Å². The summed E-state index contributed by atoms with van der Waals surface area (Å²) in [5.41, 5.74) is 0.947. The zero-order chi connectivity index (χ0) is 25.8. The zero-order valence-corrected chi connectivity index (χ0v) is 20.9. The van der Waals surface area contributed by atoms with Gasteiger partial charge in [-0.15, -0.1) is 0 Å². The van der Waals surface area contributed by atoms with E-state index in [4.69, 9.17) is 16.3 Å². The van der Waals surface area contributed by atoms with E-state index in [1.165, 1.54) is 10.8 Å². The SMILES string of the molecule is Cc1cc(Nc2nc(=O)n(CC3C=CC=NC3=O)c(=O)n2Cc2ccc(Cl)cc2)ccc1OC(C)C. The number of carbonyl (C=O) groups excluding carboxylic acids is 1. The van der Waals surface area contributed by atoms with Crippen molar-refractivity contribution in [3.63, 3.8) is 0 Å². The van der Waals surface area contributed by atoms with Crippen molar-refractivity contribution in [2.45, 2.75) is 40.0 Å². The van der Waals surface area contributed by atoms with E-state index >= 15 is 0 Å². The van der Waals surface area contributed by atoms with E-state index in [1.807, 2.05) is 32.9 Å². The Morgan fingerprint density at radius 1 is 1.08 bits per heavy atom. The highest BCUT2D eigenvalue weighted by atomic mass is 35.5. The maximum Gasteiger partial charge on any atom is 0.354 e. The number of nitrogens with zero attached hydrogens (tertiary/aromatic N) is 4. The number of benzene rings is 2. The van der Waals surface area contributed by atoms with E-state index in [1.54, 1.807) is 42.5 Å². The average Bonchev–Trinajstić information content (AvgIpc) is 2.83. The smallest absolute Gasteiger partial charge is 0.354 e. The third-order valence-corrected chi connectivity index (χ3v) is 5.78. The summed E-state index contributed by atoms with van der Waals surface area (Å²) in [6.07, 6.45) is 4.63. The quantitative estimate of drug-likeness (QED) is 0.498. The van der Waals surface area contributed by atoms with E-state index < -0.39 is 23.2 Å². The number of dihydropyridines is 1. The number of aliphatic imine (C=N–C) groups is 1. The molecule has 0 bridgehead atoms. The molecular weight excluding hydrogens is 482 g/mol. The molecule has 0 spiro atoms. The molecule has 0 saturated heterocycles. The number of aromatic nitrogens is 3. The molecular formula is C26H26ClN5O4. The first-order valence-electron chi connectivity index (χ1n) is 11.5. The van der Waals surface area contributed by atoms with Crippen LogP contribution in [0.3, 0.4) is 0 Å². The number of hydrogen-bond acceptors (Lipinski definition) is 6. The lowest BCUT2D eigenvalue weighted by Crippen LogP contribution is -2.44. The lowest BCUT2D eigenvalue weighted by molar-refractivity contribution is -0.120. The van der Waals surface area contributed by atoms with Crippen molar-refractivity contribution in [2.75, 3.05) is 5.32 Å². The van der Waals surface area contributed by atoms with E-state index in [-0.39, 0.29) is 25.1 Å². The van der Waals surface area contributed by atoms with Crippen LogP contribution in [0.1, 0.15) is 25.0 Å². The fourth-order valence-electron chi connectivity index (χ4n) is 3.75. The molecule has 2 aromatic carbocycles. The van der Waals surface area contributed by atoms with Gasteiger partial charge in [-0.05, 0) is 68.3 Å². The van der Waals surface area contributed by atoms with Crippen LogP contribution in [0.15, 0.2) is 69.2 Å². The van der Waals surface area contributed by atoms with Crippen molar-refractivity contribution < 1.29 is 9.53 Å². The molecule has 0 radical (unpaired) electrons. The molecule has 1 unspecified atom stereocenters. The Morgan fingerprint density at radius 2 is 1.83 bits per heavy atom. The monoisotopic (exact) mass is 507 g/mol. The van der Waals surface area contributed by atoms with Crippen LogP contribution in [0, 0.1) is 12.8 Å². The molecule has 186 valence electrons. The van der Waals surface area contributed by atoms with Gasteiger partial charge in [-0.25, -0.2) is 19.1 Å². The van der Waals surface area contributed by atoms with Crippen LogP contribution in [0.4, 0.5) is 11.6 Å². The summed E-state index contributed by atoms with van der Waals surface area (Å²) >= 11 is 6.01. The van der Waals surface area contributed by atoms with Gasteiger partial charge in [0, 0.05) is 23.5 Å². The Kier molecular flexibility index (Phi) is 7.49. The normalized spacial score (nSPS) is 14.9. The number of amides is 1. The Balaban J connectivity index is 1.74. The Labute approximate surface area is 212 Å². The second-order valence-corrected chi connectivity index (χ2v) is 9.14. The lowest BCUT2D eigenvalue weighted by Gasteiger charge is -2.18. The van der Waals surface area contributed by atoms with Crippen molar-refractivity contribution in [1.29, 1.82) is 0 Å². The summed E-state index contributed by atoms with van der Waals surface area (Å²) < 4.78 is 8.11. The van der Waals surface area contributed by atoms with Gasteiger partial charge in [-0.3, -0.25) is 9.36 Å². The number of aryl methyl sites for hydroxylation is 1. The number of halogens is 1. The molecule has 1 aliphatic heterocycles. The highest BCUT2D eigenvalue weighted by molar-refractivity contribution is 6.30. The third-order valence-electron chi connectivity index (χ3n) is 5.53. The van der Waals surface area contributed by atoms with Crippen LogP contribution >= 0.6 is 11.6 Å². The molecule has 0 aliphatic carbocycles. The van der Waals surface area contributed by atoms with E-state index in [2.05, 4.69) is 15.3 Å². The van der Waals surface area contributed by atoms with Crippen LogP contribution in [-0.4, -0.2) is 32.3 Å². The molecule has 1 amide bonds. The fraction of sp³-hybridized carbons (Fsp3) is 0.269. The lowest BCUT2D eigenvalue weighted by atomic mass is 10.1. The molecule has 4 rings (SSSR count). The Hall–Kier alpha value is -3.98. The predicted octanol–water partition coefficient (Wildman–Crippen LogP) is 3.73. The average molecular weight is 508 g/mol. The van der Waals surface area contributed by atoms with E-state index in [0.717, 1.165) is 21.4 Å². The van der Waals surface area contributed by atoms with Gasteiger partial charge in [-0.1, -0.05) is 29.8 Å². The minimum absolute atomic E-state index is 0.0258. The van der Waals surface area contributed by atoms with Gasteiger partial charge in [0.15, 0.2) is 0 Å². The van der Waals surface area contributed by atoms with Gasteiger partial charge >= 0.3 is 11.4 Å². The minimum Gasteiger partial charge on any atom is -0.491 e. The van der Waals surface area contributed by atoms with Crippen LogP contribution in [0.2, 0.25) is 5.02 Å². The molecule has 10 heteroatoms. The summed E-state index contributed by atoms with van der Waals surface area (Å²) in [6, 6.07) is 12.5. The topological polar surface area (TPSA) is 108 Å². The fourth-order valence-corrected chi connectivity index (χ4v) is 3.88. The number of carbonyl (C=O) groups is 1. The molecule has 1 aliphatic rings. The van der Waals surface area contributed by atoms with E-state index in [9.17, 15) is 14.4 Å². The predicted molar refractivity (Wildman–Crippen MR) is 140 cm³/mol. The Morgan fingerprint density at radius 3 is 2.50 bits per heavy atom. The van der Waals surface area contributed by atoms with Gasteiger partial charge in [0.2, 0.25) is 5.95 Å². The summed E-state index contributed by atoms with van der Waals surface area (Å²) in [5, 5.41) is 3.66. The minimum atomic E-state index is -0.762. The molecule has 36 heavy (non-hydrogen) atoms. The number of nitrogens with one attached hydrogen (secondary N) is 1. The number of anilines is 2. The van der Waals surface area contributed by atoms with Crippen molar-refractivity contribution >= 4 is 35.4 Å². The second kappa shape index (κ2) is 10.7. The molecule has 1 aromatic heterocycles. The molecule has 2 heterocycles. The van der Waals surface area contributed by atoms with Gasteiger partial charge < -0.3 is 10.1 Å². The first-order valence-corrected chi connectivity index (χ1v) is 11.8. The number of hydrogen-bond donors (Lipinski definition) is 1. The van der Waals surface area contributed by atoms with Crippen molar-refractivity contribution in [3.8, 4) is 5.75 Å². The molecule has 1 atom stereocenters. The van der Waals surface area contributed by atoms with Crippen LogP contribution < -0.4 is 21.4 Å². The van der Waals surface area contributed by atoms with E-state index in [0.29, 0.717) is 10.7 Å². The number of allylic oxidation sites excluding steroid dienone is 1. The summed E-state index contributed by atoms with van der Waals surface area (Å²) in [7, 11) is 0.